The molecule has 0 saturated carbocycles. The highest BCUT2D eigenvalue weighted by Crippen LogP contribution is 2.30. The number of rotatable bonds is 2. The third-order valence-electron chi connectivity index (χ3n) is 2.97. The lowest BCUT2D eigenvalue weighted by Crippen LogP contribution is -2.41. The van der Waals surface area contributed by atoms with Crippen LogP contribution >= 0.6 is 0 Å². The van der Waals surface area contributed by atoms with Gasteiger partial charge < -0.3 is 5.32 Å². The summed E-state index contributed by atoms with van der Waals surface area (Å²) < 4.78 is 26.6. The van der Waals surface area contributed by atoms with E-state index in [9.17, 15) is 18.4 Å². The molecule has 2 rings (SSSR count). The molecule has 19 heavy (non-hydrogen) atoms. The summed E-state index contributed by atoms with van der Waals surface area (Å²) in [6.07, 6.45) is 0. The SMILES string of the molecule is CC1(c2ccc(F)cc2F)NC(=O)N(CC#N)C1=O. The Hall–Kier alpha value is -2.49. The molecule has 1 heterocycles. The van der Waals surface area contributed by atoms with Crippen LogP contribution < -0.4 is 5.32 Å². The molecule has 7 heteroatoms. The Bertz CT molecular complexity index is 611. The molecule has 0 spiro atoms. The van der Waals surface area contributed by atoms with Crippen molar-refractivity contribution in [2.24, 2.45) is 0 Å². The van der Waals surface area contributed by atoms with Gasteiger partial charge in [-0.2, -0.15) is 5.26 Å². The molecule has 1 atom stereocenters. The highest BCUT2D eigenvalue weighted by molar-refractivity contribution is 6.07. The van der Waals surface area contributed by atoms with Crippen LogP contribution in [0.25, 0.3) is 0 Å². The lowest BCUT2D eigenvalue weighted by molar-refractivity contribution is -0.130. The number of hydrogen-bond donors (Lipinski definition) is 1. The minimum Gasteiger partial charge on any atom is -0.319 e. The minimum absolute atomic E-state index is 0.146. The molecule has 0 bridgehead atoms. The summed E-state index contributed by atoms with van der Waals surface area (Å²) in [6, 6.07) is 3.62. The van der Waals surface area contributed by atoms with Crippen LogP contribution in [0.2, 0.25) is 0 Å². The molecule has 1 saturated heterocycles. The minimum atomic E-state index is -1.63. The number of benzene rings is 1. The van der Waals surface area contributed by atoms with Gasteiger partial charge in [0.2, 0.25) is 0 Å². The Kier molecular flexibility index (Phi) is 2.94. The van der Waals surface area contributed by atoms with E-state index in [2.05, 4.69) is 5.32 Å². The van der Waals surface area contributed by atoms with Crippen molar-refractivity contribution in [1.29, 1.82) is 5.26 Å². The molecule has 1 N–H and O–H groups in total. The van der Waals surface area contributed by atoms with Crippen LogP contribution in [0.4, 0.5) is 13.6 Å². The van der Waals surface area contributed by atoms with Crippen LogP contribution in [-0.2, 0) is 10.3 Å². The Morgan fingerprint density at radius 1 is 1.42 bits per heavy atom. The van der Waals surface area contributed by atoms with Gasteiger partial charge in [0.25, 0.3) is 5.91 Å². The fourth-order valence-electron chi connectivity index (χ4n) is 1.99. The first-order valence-electron chi connectivity index (χ1n) is 5.36. The topological polar surface area (TPSA) is 73.2 Å². The van der Waals surface area contributed by atoms with Gasteiger partial charge in [-0.3, -0.25) is 4.79 Å². The van der Waals surface area contributed by atoms with E-state index in [-0.39, 0.29) is 5.56 Å². The number of halogens is 2. The fraction of sp³-hybridized carbons (Fsp3) is 0.250. The van der Waals surface area contributed by atoms with Gasteiger partial charge in [0.05, 0.1) is 6.07 Å². The zero-order valence-electron chi connectivity index (χ0n) is 9.91. The molecule has 1 unspecified atom stereocenters. The molecule has 1 aliphatic heterocycles. The molecule has 1 fully saturated rings. The third-order valence-corrected chi connectivity index (χ3v) is 2.97. The van der Waals surface area contributed by atoms with E-state index in [1.807, 2.05) is 0 Å². The van der Waals surface area contributed by atoms with Gasteiger partial charge in [-0.25, -0.2) is 18.5 Å². The van der Waals surface area contributed by atoms with Crippen LogP contribution in [0.5, 0.6) is 0 Å². The van der Waals surface area contributed by atoms with Crippen molar-refractivity contribution in [3.05, 3.63) is 35.4 Å². The molecule has 1 aromatic carbocycles. The Balaban J connectivity index is 2.47. The van der Waals surface area contributed by atoms with Crippen molar-refractivity contribution < 1.29 is 18.4 Å². The molecule has 5 nitrogen and oxygen atoms in total. The molecule has 3 amide bonds. The van der Waals surface area contributed by atoms with Gasteiger partial charge in [-0.15, -0.1) is 0 Å². The largest absolute Gasteiger partial charge is 0.326 e. The number of carbonyl (C=O) groups excluding carboxylic acids is 2. The summed E-state index contributed by atoms with van der Waals surface area (Å²) in [5.74, 6) is -2.46. The summed E-state index contributed by atoms with van der Waals surface area (Å²) in [6.45, 7) is 0.879. The third kappa shape index (κ3) is 1.91. The van der Waals surface area contributed by atoms with Gasteiger partial charge in [0.1, 0.15) is 23.7 Å². The number of imide groups is 1. The van der Waals surface area contributed by atoms with E-state index in [0.29, 0.717) is 11.0 Å². The molecule has 0 aliphatic carbocycles. The molecule has 0 radical (unpaired) electrons. The van der Waals surface area contributed by atoms with E-state index in [1.165, 1.54) is 6.92 Å². The average Bonchev–Trinajstić information content (AvgIpc) is 2.54. The van der Waals surface area contributed by atoms with Crippen molar-refractivity contribution in [3.8, 4) is 6.07 Å². The molecular weight excluding hydrogens is 256 g/mol. The number of nitriles is 1. The van der Waals surface area contributed by atoms with Crippen molar-refractivity contribution in [3.63, 3.8) is 0 Å². The normalized spacial score (nSPS) is 22.3. The van der Waals surface area contributed by atoms with E-state index in [4.69, 9.17) is 5.26 Å². The fourth-order valence-corrected chi connectivity index (χ4v) is 1.99. The van der Waals surface area contributed by atoms with Crippen molar-refractivity contribution in [2.75, 3.05) is 6.54 Å². The standard InChI is InChI=1S/C12H9F2N3O2/c1-12(8-3-2-7(13)6-9(8)14)10(18)17(5-4-15)11(19)16-12/h2-3,6H,5H2,1H3,(H,16,19). The number of urea groups is 1. The van der Waals surface area contributed by atoms with Gasteiger partial charge >= 0.3 is 6.03 Å². The predicted octanol–water partition coefficient (Wildman–Crippen LogP) is 1.26. The van der Waals surface area contributed by atoms with E-state index in [1.54, 1.807) is 6.07 Å². The van der Waals surface area contributed by atoms with Gasteiger partial charge in [-0.1, -0.05) is 6.07 Å². The number of amides is 3. The second-order valence-corrected chi connectivity index (χ2v) is 4.23. The summed E-state index contributed by atoms with van der Waals surface area (Å²) in [5.41, 5.74) is -1.78. The highest BCUT2D eigenvalue weighted by Gasteiger charge is 2.50. The molecular formula is C12H9F2N3O2. The zero-order valence-corrected chi connectivity index (χ0v) is 9.91. The monoisotopic (exact) mass is 265 g/mol. The lowest BCUT2D eigenvalue weighted by Gasteiger charge is -2.22. The first kappa shape index (κ1) is 13.0. The number of hydrogen-bond acceptors (Lipinski definition) is 3. The van der Waals surface area contributed by atoms with Crippen LogP contribution in [0.1, 0.15) is 12.5 Å². The Morgan fingerprint density at radius 3 is 2.68 bits per heavy atom. The quantitative estimate of drug-likeness (QED) is 0.646. The number of nitrogens with zero attached hydrogens (tertiary/aromatic N) is 2. The number of carbonyl (C=O) groups is 2. The van der Waals surface area contributed by atoms with Crippen LogP contribution in [-0.4, -0.2) is 23.4 Å². The zero-order chi connectivity index (χ0) is 14.2. The molecule has 1 aromatic rings. The smallest absolute Gasteiger partial charge is 0.319 e. The van der Waals surface area contributed by atoms with Gasteiger partial charge in [0, 0.05) is 11.6 Å². The Morgan fingerprint density at radius 2 is 2.11 bits per heavy atom. The Labute approximate surface area is 107 Å². The van der Waals surface area contributed by atoms with E-state index < -0.39 is 35.7 Å². The highest BCUT2D eigenvalue weighted by atomic mass is 19.1. The van der Waals surface area contributed by atoms with Crippen molar-refractivity contribution >= 4 is 11.9 Å². The van der Waals surface area contributed by atoms with Crippen molar-refractivity contribution in [2.45, 2.75) is 12.5 Å². The predicted molar refractivity (Wildman–Crippen MR) is 59.6 cm³/mol. The summed E-state index contributed by atoms with van der Waals surface area (Å²) in [7, 11) is 0. The first-order chi connectivity index (χ1) is 8.90. The molecule has 1 aliphatic rings. The maximum atomic E-state index is 13.7. The first-order valence-corrected chi connectivity index (χ1v) is 5.36. The maximum absolute atomic E-state index is 13.7. The van der Waals surface area contributed by atoms with Crippen LogP contribution in [0.3, 0.4) is 0 Å². The van der Waals surface area contributed by atoms with E-state index in [0.717, 1.165) is 12.1 Å². The van der Waals surface area contributed by atoms with Crippen LogP contribution in [0, 0.1) is 23.0 Å². The molecule has 98 valence electrons. The summed E-state index contributed by atoms with van der Waals surface area (Å²) in [4.78, 5) is 24.4. The summed E-state index contributed by atoms with van der Waals surface area (Å²) >= 11 is 0. The van der Waals surface area contributed by atoms with E-state index >= 15 is 0 Å². The second kappa shape index (κ2) is 4.31. The summed E-state index contributed by atoms with van der Waals surface area (Å²) in [5, 5.41) is 10.9. The van der Waals surface area contributed by atoms with Crippen molar-refractivity contribution in [1.82, 2.24) is 10.2 Å². The maximum Gasteiger partial charge on any atom is 0.326 e. The molecule has 0 aromatic heterocycles. The average molecular weight is 265 g/mol. The van der Waals surface area contributed by atoms with Crippen LogP contribution in [0.15, 0.2) is 18.2 Å². The van der Waals surface area contributed by atoms with Gasteiger partial charge in [0.15, 0.2) is 0 Å². The number of nitrogens with one attached hydrogen (secondary N) is 1. The second-order valence-electron chi connectivity index (χ2n) is 4.23. The lowest BCUT2D eigenvalue weighted by atomic mass is 9.91. The van der Waals surface area contributed by atoms with Gasteiger partial charge in [-0.05, 0) is 13.0 Å².